The number of guanidine groups is 1. The van der Waals surface area contributed by atoms with Crippen molar-refractivity contribution in [3.05, 3.63) is 35.9 Å². The zero-order valence-electron chi connectivity index (χ0n) is 20.8. The van der Waals surface area contributed by atoms with Gasteiger partial charge in [-0.05, 0) is 32.3 Å². The summed E-state index contributed by atoms with van der Waals surface area (Å²) in [5.41, 5.74) is 16.9. The molecule has 1 aromatic carbocycles. The summed E-state index contributed by atoms with van der Waals surface area (Å²) in [6, 6.07) is 3.20. The summed E-state index contributed by atoms with van der Waals surface area (Å²) in [4.78, 5) is 53.8. The minimum atomic E-state index is -1.53. The van der Waals surface area contributed by atoms with Crippen LogP contribution in [-0.2, 0) is 25.6 Å². The van der Waals surface area contributed by atoms with E-state index in [1.165, 1.54) is 13.8 Å². The molecule has 14 nitrogen and oxygen atoms in total. The van der Waals surface area contributed by atoms with Crippen molar-refractivity contribution in [2.24, 2.45) is 22.2 Å². The smallest absolute Gasteiger partial charge is 0.326 e. The normalized spacial score (nSPS) is 15.7. The third-order valence-electron chi connectivity index (χ3n) is 5.36. The van der Waals surface area contributed by atoms with Crippen LogP contribution in [0.15, 0.2) is 35.3 Å². The number of rotatable bonds is 15. The maximum Gasteiger partial charge on any atom is 0.326 e. The van der Waals surface area contributed by atoms with Gasteiger partial charge in [-0.3, -0.25) is 19.4 Å². The molecule has 0 aliphatic heterocycles. The average molecular weight is 524 g/mol. The van der Waals surface area contributed by atoms with Gasteiger partial charge in [-0.25, -0.2) is 4.79 Å². The zero-order valence-corrected chi connectivity index (χ0v) is 20.8. The van der Waals surface area contributed by atoms with E-state index in [2.05, 4.69) is 20.9 Å². The first-order valence-corrected chi connectivity index (χ1v) is 11.7. The van der Waals surface area contributed by atoms with Crippen molar-refractivity contribution in [2.75, 3.05) is 6.54 Å². The summed E-state index contributed by atoms with van der Waals surface area (Å²) in [5.74, 6) is -4.05. The number of nitrogens with one attached hydrogen (secondary N) is 3. The molecule has 0 radical (unpaired) electrons. The summed E-state index contributed by atoms with van der Waals surface area (Å²) in [6.07, 6.45) is -2.35. The molecule has 1 aromatic rings. The second-order valence-electron chi connectivity index (χ2n) is 8.59. The van der Waals surface area contributed by atoms with Crippen molar-refractivity contribution in [1.82, 2.24) is 16.0 Å². The third-order valence-corrected chi connectivity index (χ3v) is 5.36. The molecule has 1 rings (SSSR count). The number of aliphatic hydroxyl groups excluding tert-OH is 2. The number of aliphatic hydroxyl groups is 2. The van der Waals surface area contributed by atoms with Gasteiger partial charge in [0.2, 0.25) is 17.7 Å². The van der Waals surface area contributed by atoms with Crippen LogP contribution in [0.5, 0.6) is 0 Å². The first-order valence-electron chi connectivity index (χ1n) is 11.7. The predicted molar refractivity (Wildman–Crippen MR) is 135 cm³/mol. The lowest BCUT2D eigenvalue weighted by Crippen LogP contribution is -2.60. The Morgan fingerprint density at radius 2 is 1.49 bits per heavy atom. The lowest BCUT2D eigenvalue weighted by atomic mass is 10.0. The molecule has 6 unspecified atom stereocenters. The van der Waals surface area contributed by atoms with E-state index in [0.717, 1.165) is 0 Å². The minimum Gasteiger partial charge on any atom is -0.480 e. The fraction of sp³-hybridized carbons (Fsp3) is 0.522. The van der Waals surface area contributed by atoms with Crippen molar-refractivity contribution in [3.63, 3.8) is 0 Å². The summed E-state index contributed by atoms with van der Waals surface area (Å²) in [5, 5.41) is 36.4. The molecule has 12 N–H and O–H groups in total. The highest BCUT2D eigenvalue weighted by Gasteiger charge is 2.33. The lowest BCUT2D eigenvalue weighted by Gasteiger charge is -2.27. The standard InChI is InChI=1S/C23H37N7O7/c1-12(31)17(24)20(34)28-15(9-6-10-27-23(25)26)19(33)30-18(13(2)32)21(35)29-16(22(36)37)11-14-7-4-3-5-8-14/h3-5,7-8,12-13,15-18,31-32H,6,9-11,24H2,1-2H3,(H,28,34)(H,29,35)(H,30,33)(H,36,37)(H4,25,26,27). The van der Waals surface area contributed by atoms with Crippen molar-refractivity contribution in [1.29, 1.82) is 0 Å². The summed E-state index contributed by atoms with van der Waals surface area (Å²) >= 11 is 0. The van der Waals surface area contributed by atoms with E-state index in [0.29, 0.717) is 5.56 Å². The van der Waals surface area contributed by atoms with Gasteiger partial charge in [0.25, 0.3) is 0 Å². The Bertz CT molecular complexity index is 937. The topological polar surface area (TPSA) is 255 Å². The third kappa shape index (κ3) is 11.2. The number of carboxylic acid groups (broad SMARTS) is 1. The highest BCUT2D eigenvalue weighted by atomic mass is 16.4. The van der Waals surface area contributed by atoms with Crippen molar-refractivity contribution < 1.29 is 34.5 Å². The molecule has 0 saturated heterocycles. The Morgan fingerprint density at radius 1 is 0.892 bits per heavy atom. The van der Waals surface area contributed by atoms with Crippen molar-refractivity contribution >= 4 is 29.7 Å². The minimum absolute atomic E-state index is 0.0247. The van der Waals surface area contributed by atoms with Gasteiger partial charge >= 0.3 is 5.97 Å². The zero-order chi connectivity index (χ0) is 28.1. The molecule has 0 aromatic heterocycles. The second-order valence-corrected chi connectivity index (χ2v) is 8.59. The largest absolute Gasteiger partial charge is 0.480 e. The first-order chi connectivity index (χ1) is 17.3. The van der Waals surface area contributed by atoms with Crippen LogP contribution in [0.3, 0.4) is 0 Å². The molecule has 206 valence electrons. The molecule has 37 heavy (non-hydrogen) atoms. The molecule has 0 spiro atoms. The van der Waals surface area contributed by atoms with E-state index < -0.39 is 60.1 Å². The van der Waals surface area contributed by atoms with E-state index in [-0.39, 0.29) is 31.8 Å². The molecule has 0 saturated carbocycles. The highest BCUT2D eigenvalue weighted by Crippen LogP contribution is 2.06. The number of amides is 3. The number of hydrogen-bond donors (Lipinski definition) is 9. The first kappa shape index (κ1) is 31.3. The van der Waals surface area contributed by atoms with Crippen molar-refractivity contribution in [3.8, 4) is 0 Å². The molecular formula is C23H37N7O7. The molecule has 14 heteroatoms. The van der Waals surface area contributed by atoms with Crippen molar-refractivity contribution in [2.45, 2.75) is 69.5 Å². The van der Waals surface area contributed by atoms with Crippen LogP contribution in [0.4, 0.5) is 0 Å². The second kappa shape index (κ2) is 15.4. The Hall–Kier alpha value is -3.75. The maximum atomic E-state index is 13.0. The number of benzene rings is 1. The summed E-state index contributed by atoms with van der Waals surface area (Å²) < 4.78 is 0. The maximum absolute atomic E-state index is 13.0. The number of nitrogens with two attached hydrogens (primary N) is 3. The van der Waals surface area contributed by atoms with E-state index in [4.69, 9.17) is 17.2 Å². The SMILES string of the molecule is CC(O)C(N)C(=O)NC(CCCN=C(N)N)C(=O)NC(C(=O)NC(Cc1ccccc1)C(=O)O)C(C)O. The molecule has 0 aliphatic carbocycles. The van der Waals surface area contributed by atoms with E-state index in [1.54, 1.807) is 30.3 Å². The van der Waals surface area contributed by atoms with E-state index >= 15 is 0 Å². The van der Waals surface area contributed by atoms with Gasteiger partial charge in [0.15, 0.2) is 5.96 Å². The number of aliphatic carboxylic acids is 1. The van der Waals surface area contributed by atoms with Gasteiger partial charge in [-0.15, -0.1) is 0 Å². The Labute approximate surface area is 214 Å². The average Bonchev–Trinajstić information content (AvgIpc) is 2.83. The molecule has 6 atom stereocenters. The Kier molecular flexibility index (Phi) is 13.0. The molecule has 0 fully saturated rings. The molecule has 0 heterocycles. The fourth-order valence-corrected chi connectivity index (χ4v) is 3.23. The van der Waals surface area contributed by atoms with Crippen LogP contribution in [0.25, 0.3) is 0 Å². The Morgan fingerprint density at radius 3 is 2.00 bits per heavy atom. The number of hydrogen-bond acceptors (Lipinski definition) is 8. The van der Waals surface area contributed by atoms with Gasteiger partial charge in [-0.1, -0.05) is 30.3 Å². The number of carboxylic acids is 1. The van der Waals surface area contributed by atoms with Crippen LogP contribution in [0, 0.1) is 0 Å². The van der Waals surface area contributed by atoms with E-state index in [1.807, 2.05) is 0 Å². The number of carbonyl (C=O) groups excluding carboxylic acids is 3. The van der Waals surface area contributed by atoms with Crippen LogP contribution in [-0.4, -0.2) is 87.9 Å². The fourth-order valence-electron chi connectivity index (χ4n) is 3.23. The molecule has 3 amide bonds. The molecular weight excluding hydrogens is 486 g/mol. The number of aliphatic imine (C=N–C) groups is 1. The van der Waals surface area contributed by atoms with Crippen LogP contribution < -0.4 is 33.2 Å². The van der Waals surface area contributed by atoms with Gasteiger partial charge in [0.05, 0.1) is 12.2 Å². The molecule has 0 bridgehead atoms. The van der Waals surface area contributed by atoms with Crippen LogP contribution in [0.1, 0.15) is 32.3 Å². The molecule has 0 aliphatic rings. The van der Waals surface area contributed by atoms with Crippen LogP contribution in [0.2, 0.25) is 0 Å². The van der Waals surface area contributed by atoms with E-state index in [9.17, 15) is 34.5 Å². The summed E-state index contributed by atoms with van der Waals surface area (Å²) in [6.45, 7) is 2.69. The highest BCUT2D eigenvalue weighted by molar-refractivity contribution is 5.94. The number of carbonyl (C=O) groups is 4. The van der Waals surface area contributed by atoms with Gasteiger partial charge in [-0.2, -0.15) is 0 Å². The quantitative estimate of drug-likeness (QED) is 0.0636. The Balaban J connectivity index is 2.99. The lowest BCUT2D eigenvalue weighted by molar-refractivity contribution is -0.143. The van der Waals surface area contributed by atoms with Crippen LogP contribution >= 0.6 is 0 Å². The van der Waals surface area contributed by atoms with Gasteiger partial charge < -0.3 is 48.5 Å². The number of nitrogens with zero attached hydrogens (tertiary/aromatic N) is 1. The monoisotopic (exact) mass is 523 g/mol. The van der Waals surface area contributed by atoms with Gasteiger partial charge in [0, 0.05) is 13.0 Å². The summed E-state index contributed by atoms with van der Waals surface area (Å²) in [7, 11) is 0. The van der Waals surface area contributed by atoms with Gasteiger partial charge in [0.1, 0.15) is 24.2 Å². The predicted octanol–water partition coefficient (Wildman–Crippen LogP) is -3.09.